The van der Waals surface area contributed by atoms with Gasteiger partial charge in [0.1, 0.15) is 0 Å². The molecule has 272 valence electrons. The molecule has 0 aliphatic rings. The number of hydrogen-bond acceptors (Lipinski definition) is 1. The van der Waals surface area contributed by atoms with Crippen molar-refractivity contribution in [1.29, 1.82) is 0 Å². The number of para-hydroxylation sites is 2. The van der Waals surface area contributed by atoms with Gasteiger partial charge in [0, 0.05) is 33.4 Å². The van der Waals surface area contributed by atoms with E-state index in [1.54, 1.807) is 0 Å². The van der Waals surface area contributed by atoms with Gasteiger partial charge in [-0.3, -0.25) is 0 Å². The van der Waals surface area contributed by atoms with E-state index in [0.717, 1.165) is 22.7 Å². The number of fused-ring (bicyclic) bond motifs is 5. The lowest BCUT2D eigenvalue weighted by Gasteiger charge is -2.28. The first-order valence-electron chi connectivity index (χ1n) is 19.9. The summed E-state index contributed by atoms with van der Waals surface area (Å²) in [7, 11) is 0. The number of hydrogen-bond donors (Lipinski definition) is 0. The van der Waals surface area contributed by atoms with Crippen LogP contribution in [0.5, 0.6) is 0 Å². The number of nitrogens with zero attached hydrogens (tertiary/aromatic N) is 2. The van der Waals surface area contributed by atoms with Crippen molar-refractivity contribution in [3.63, 3.8) is 0 Å². The lowest BCUT2D eigenvalue weighted by Crippen LogP contribution is -2.11. The fourth-order valence-corrected chi connectivity index (χ4v) is 8.77. The summed E-state index contributed by atoms with van der Waals surface area (Å²) in [4.78, 5) is 2.41. The number of anilines is 3. The average molecular weight is 739 g/mol. The largest absolute Gasteiger partial charge is 0.310 e. The molecule has 11 aromatic rings. The Morgan fingerprint density at radius 3 is 1.57 bits per heavy atom. The van der Waals surface area contributed by atoms with Crippen molar-refractivity contribution < 1.29 is 0 Å². The van der Waals surface area contributed by atoms with Crippen molar-refractivity contribution in [3.8, 4) is 39.1 Å². The maximum atomic E-state index is 2.43. The molecule has 0 aliphatic heterocycles. The van der Waals surface area contributed by atoms with E-state index in [2.05, 4.69) is 240 Å². The molecule has 2 nitrogen and oxygen atoms in total. The van der Waals surface area contributed by atoms with Crippen LogP contribution in [0.2, 0.25) is 0 Å². The summed E-state index contributed by atoms with van der Waals surface area (Å²) in [5.41, 5.74) is 14.0. The van der Waals surface area contributed by atoms with E-state index < -0.39 is 0 Å². The summed E-state index contributed by atoms with van der Waals surface area (Å²) in [6, 6.07) is 83.7. The SMILES string of the molecule is c1ccc(-c2ccc(N(c3ccc(-c4ccc5ccccc5c4)cc3)c3ccccc3-c3cccc4c3c3ccccc3n4-c3ccc4ccccc4c3)cc2)cc1. The summed E-state index contributed by atoms with van der Waals surface area (Å²) >= 11 is 0. The Balaban J connectivity index is 1.09. The summed E-state index contributed by atoms with van der Waals surface area (Å²) in [6.07, 6.45) is 0. The van der Waals surface area contributed by atoms with E-state index in [0.29, 0.717) is 0 Å². The van der Waals surface area contributed by atoms with Gasteiger partial charge in [-0.05, 0) is 110 Å². The third kappa shape index (κ3) is 5.82. The molecule has 0 radical (unpaired) electrons. The third-order valence-electron chi connectivity index (χ3n) is 11.6. The van der Waals surface area contributed by atoms with Crippen LogP contribution < -0.4 is 4.90 Å². The Kier molecular flexibility index (Phi) is 8.19. The first kappa shape index (κ1) is 33.6. The van der Waals surface area contributed by atoms with E-state index in [1.807, 2.05) is 0 Å². The van der Waals surface area contributed by atoms with Crippen molar-refractivity contribution in [1.82, 2.24) is 4.57 Å². The van der Waals surface area contributed by atoms with Crippen LogP contribution in [-0.2, 0) is 0 Å². The van der Waals surface area contributed by atoms with Gasteiger partial charge in [-0.25, -0.2) is 0 Å². The Bertz CT molecular complexity index is 3270. The van der Waals surface area contributed by atoms with Crippen LogP contribution in [0.4, 0.5) is 17.1 Å². The quantitative estimate of drug-likeness (QED) is 0.158. The van der Waals surface area contributed by atoms with E-state index in [4.69, 9.17) is 0 Å². The van der Waals surface area contributed by atoms with Crippen LogP contribution in [0.15, 0.2) is 231 Å². The molecule has 0 saturated heterocycles. The molecule has 0 atom stereocenters. The van der Waals surface area contributed by atoms with Gasteiger partial charge < -0.3 is 9.47 Å². The van der Waals surface area contributed by atoms with Crippen LogP contribution in [0.25, 0.3) is 82.4 Å². The van der Waals surface area contributed by atoms with Gasteiger partial charge in [0.25, 0.3) is 0 Å². The first-order valence-corrected chi connectivity index (χ1v) is 19.9. The second-order valence-corrected chi connectivity index (χ2v) is 15.0. The molecule has 0 aliphatic carbocycles. The fourth-order valence-electron chi connectivity index (χ4n) is 8.77. The van der Waals surface area contributed by atoms with Crippen molar-refractivity contribution in [2.75, 3.05) is 4.90 Å². The minimum atomic E-state index is 1.09. The van der Waals surface area contributed by atoms with E-state index in [9.17, 15) is 0 Å². The highest BCUT2D eigenvalue weighted by atomic mass is 15.1. The first-order chi connectivity index (χ1) is 28.8. The van der Waals surface area contributed by atoms with Gasteiger partial charge in [-0.1, -0.05) is 170 Å². The molecule has 2 heteroatoms. The summed E-state index contributed by atoms with van der Waals surface area (Å²) in [6.45, 7) is 0. The minimum Gasteiger partial charge on any atom is -0.310 e. The highest BCUT2D eigenvalue weighted by Gasteiger charge is 2.21. The monoisotopic (exact) mass is 738 g/mol. The molecule has 1 aromatic heterocycles. The maximum absolute atomic E-state index is 2.43. The van der Waals surface area contributed by atoms with E-state index >= 15 is 0 Å². The number of benzene rings is 10. The lowest BCUT2D eigenvalue weighted by atomic mass is 9.96. The van der Waals surface area contributed by atoms with Crippen molar-refractivity contribution in [3.05, 3.63) is 231 Å². The highest BCUT2D eigenvalue weighted by Crippen LogP contribution is 2.46. The molecular formula is C56H38N2. The van der Waals surface area contributed by atoms with Crippen LogP contribution >= 0.6 is 0 Å². The van der Waals surface area contributed by atoms with E-state index in [1.165, 1.54) is 76.7 Å². The molecule has 0 fully saturated rings. The molecule has 0 amide bonds. The molecule has 11 rings (SSSR count). The average Bonchev–Trinajstić information content (AvgIpc) is 3.64. The molecule has 0 bridgehead atoms. The number of aromatic nitrogens is 1. The molecule has 58 heavy (non-hydrogen) atoms. The standard InChI is InChI=1S/C56H38N2/c1-2-13-39(14-3-1)42-27-32-47(33-28-42)57(48-34-29-43(30-35-48)46-26-25-40-15-4-6-17-44(40)37-46)53-22-10-8-19-50(53)51-21-12-24-55-56(51)52-20-9-11-23-54(52)58(55)49-36-31-41-16-5-7-18-45(41)38-49/h1-38H. The summed E-state index contributed by atoms with van der Waals surface area (Å²) < 4.78 is 2.43. The second kappa shape index (κ2) is 14.1. The van der Waals surface area contributed by atoms with Crippen LogP contribution in [0.3, 0.4) is 0 Å². The zero-order chi connectivity index (χ0) is 38.4. The van der Waals surface area contributed by atoms with Crippen LogP contribution in [0, 0.1) is 0 Å². The molecule has 0 N–H and O–H groups in total. The predicted octanol–water partition coefficient (Wildman–Crippen LogP) is 15.6. The number of rotatable bonds is 7. The van der Waals surface area contributed by atoms with Gasteiger partial charge in [0.2, 0.25) is 0 Å². The van der Waals surface area contributed by atoms with Crippen molar-refractivity contribution in [2.45, 2.75) is 0 Å². The summed E-state index contributed by atoms with van der Waals surface area (Å²) in [5.74, 6) is 0. The lowest BCUT2D eigenvalue weighted by molar-refractivity contribution is 1.19. The highest BCUT2D eigenvalue weighted by molar-refractivity contribution is 6.17. The smallest absolute Gasteiger partial charge is 0.0547 e. The van der Waals surface area contributed by atoms with Crippen LogP contribution in [0.1, 0.15) is 0 Å². The zero-order valence-electron chi connectivity index (χ0n) is 31.8. The molecule has 0 saturated carbocycles. The van der Waals surface area contributed by atoms with Gasteiger partial charge in [-0.2, -0.15) is 0 Å². The van der Waals surface area contributed by atoms with Crippen LogP contribution in [-0.4, -0.2) is 4.57 Å². The van der Waals surface area contributed by atoms with Gasteiger partial charge >= 0.3 is 0 Å². The Morgan fingerprint density at radius 2 is 0.828 bits per heavy atom. The Hall–Kier alpha value is -7.68. The molecular weight excluding hydrogens is 701 g/mol. The molecule has 10 aromatic carbocycles. The van der Waals surface area contributed by atoms with Gasteiger partial charge in [0.15, 0.2) is 0 Å². The zero-order valence-corrected chi connectivity index (χ0v) is 31.8. The van der Waals surface area contributed by atoms with Gasteiger partial charge in [0.05, 0.1) is 16.7 Å². The normalized spacial score (nSPS) is 11.4. The third-order valence-corrected chi connectivity index (χ3v) is 11.6. The molecule has 0 spiro atoms. The fraction of sp³-hybridized carbons (Fsp3) is 0. The second-order valence-electron chi connectivity index (χ2n) is 15.0. The predicted molar refractivity (Wildman–Crippen MR) is 247 cm³/mol. The molecule has 0 unspecified atom stereocenters. The minimum absolute atomic E-state index is 1.09. The molecule has 1 heterocycles. The van der Waals surface area contributed by atoms with E-state index in [-0.39, 0.29) is 0 Å². The summed E-state index contributed by atoms with van der Waals surface area (Å²) in [5, 5.41) is 7.44. The topological polar surface area (TPSA) is 8.17 Å². The van der Waals surface area contributed by atoms with Crippen molar-refractivity contribution in [2.24, 2.45) is 0 Å². The van der Waals surface area contributed by atoms with Gasteiger partial charge in [-0.15, -0.1) is 0 Å². The maximum Gasteiger partial charge on any atom is 0.0547 e. The Labute approximate surface area is 338 Å². The van der Waals surface area contributed by atoms with Crippen molar-refractivity contribution >= 4 is 60.4 Å². The Morgan fingerprint density at radius 1 is 0.310 bits per heavy atom.